The van der Waals surface area contributed by atoms with E-state index in [0.29, 0.717) is 0 Å². The van der Waals surface area contributed by atoms with E-state index in [1.807, 2.05) is 60.7 Å². The van der Waals surface area contributed by atoms with Crippen LogP contribution in [-0.2, 0) is 26.2 Å². The molecule has 0 bridgehead atoms. The normalized spacial score (nSPS) is 14.3. The van der Waals surface area contributed by atoms with Crippen molar-refractivity contribution in [1.82, 2.24) is 0 Å². The minimum absolute atomic E-state index is 0. The molecule has 0 aliphatic carbocycles. The minimum atomic E-state index is -2.57. The number of rotatable bonds is 2. The maximum absolute atomic E-state index is 12.1. The third-order valence-electron chi connectivity index (χ3n) is 11.8. The van der Waals surface area contributed by atoms with Crippen molar-refractivity contribution in [1.29, 1.82) is 0 Å². The predicted molar refractivity (Wildman–Crippen MR) is 299 cm³/mol. The molecule has 0 aliphatic rings. The van der Waals surface area contributed by atoms with Crippen LogP contribution in [0.25, 0.3) is 10.3 Å². The van der Waals surface area contributed by atoms with Crippen LogP contribution in [0, 0.1) is 13.8 Å². The SMILES string of the molecule is CC(C)(C)P(=[N-])(N=P(C(C)(C)C)(C(C)(C)C)C(C)(C)C)C(C)(C)C.CC(C)(C)P(=[N-])(N=P(C(C)(C)C)(C(C)(C)C)C(C)(C)C)C(C)(C)C.[CH2-]c1ccccc1.[CH2-]c1ccccc1.[Zr+4]. The van der Waals surface area contributed by atoms with Crippen molar-refractivity contribution in [2.24, 2.45) is 9.03 Å². The molecule has 0 radical (unpaired) electrons. The van der Waals surface area contributed by atoms with Crippen LogP contribution in [0.1, 0.15) is 219 Å². The van der Waals surface area contributed by atoms with Crippen LogP contribution in [0.15, 0.2) is 69.7 Å². The number of benzene rings is 2. The summed E-state index contributed by atoms with van der Waals surface area (Å²) in [5.41, 5.74) is 2.14. The second kappa shape index (κ2) is 22.2. The zero-order valence-electron chi connectivity index (χ0n) is 47.3. The zero-order chi connectivity index (χ0) is 50.6. The minimum Gasteiger partial charge on any atom is -0.789 e. The van der Waals surface area contributed by atoms with Crippen LogP contribution in [0.2, 0.25) is 0 Å². The van der Waals surface area contributed by atoms with Gasteiger partial charge < -0.3 is 19.4 Å². The standard InChI is InChI=1S/2C20H45N2P2.2C7H7.Zr/c2*1-16(2,3)23(17(4,5)6,18(7,8)9)22-24(21,19(10,11)12)20(13,14)15;2*1-7-5-3-2-4-6-7;/h2*1-15H3;2*2-6H,1H2;/q4*-1;+4. The Morgan fingerprint density at radius 3 is 0.524 bits per heavy atom. The van der Waals surface area contributed by atoms with Crippen LogP contribution in [0.5, 0.6) is 0 Å². The Kier molecular flexibility index (Phi) is 23.7. The van der Waals surface area contributed by atoms with Crippen molar-refractivity contribution in [3.63, 3.8) is 0 Å². The molecule has 0 fully saturated rings. The third kappa shape index (κ3) is 16.0. The molecule has 9 heteroatoms. The fourth-order valence-corrected chi connectivity index (χ4v) is 40.7. The van der Waals surface area contributed by atoms with Crippen molar-refractivity contribution in [2.45, 2.75) is 259 Å². The number of nitrogens with zero attached hydrogens (tertiary/aromatic N) is 4. The van der Waals surface area contributed by atoms with Crippen molar-refractivity contribution in [2.75, 3.05) is 0 Å². The van der Waals surface area contributed by atoms with Crippen LogP contribution >= 0.6 is 28.5 Å². The predicted octanol–water partition coefficient (Wildman–Crippen LogP) is 21.5. The third-order valence-corrected chi connectivity index (χ3v) is 35.1. The van der Waals surface area contributed by atoms with Gasteiger partial charge in [0, 0.05) is 0 Å². The van der Waals surface area contributed by atoms with E-state index in [0.717, 1.165) is 11.1 Å². The number of hydrogen-bond donors (Lipinski definition) is 0. The summed E-state index contributed by atoms with van der Waals surface area (Å²) in [6, 6.07) is 19.7. The second-order valence-electron chi connectivity index (χ2n) is 27.3. The molecule has 2 aromatic rings. The van der Waals surface area contributed by atoms with Gasteiger partial charge in [-0.3, -0.25) is 0 Å². The Hall–Kier alpha value is -0.0169. The van der Waals surface area contributed by atoms with Gasteiger partial charge in [0.2, 0.25) is 0 Å². The van der Waals surface area contributed by atoms with Gasteiger partial charge in [-0.05, 0) is 65.7 Å². The van der Waals surface area contributed by atoms with Crippen LogP contribution in [0.4, 0.5) is 0 Å². The molecule has 0 heterocycles. The van der Waals surface area contributed by atoms with Crippen molar-refractivity contribution in [3.05, 3.63) is 96.0 Å². The van der Waals surface area contributed by atoms with E-state index in [-0.39, 0.29) is 77.8 Å². The Morgan fingerprint density at radius 1 is 0.302 bits per heavy atom. The summed E-state index contributed by atoms with van der Waals surface area (Å²) in [6.07, 6.45) is 0. The molecule has 0 amide bonds. The molecule has 4 nitrogen and oxygen atoms in total. The first-order chi connectivity index (χ1) is 26.7. The van der Waals surface area contributed by atoms with Gasteiger partial charge in [-0.1, -0.05) is 220 Å². The summed E-state index contributed by atoms with van der Waals surface area (Å²) >= 11 is 0. The molecule has 0 saturated heterocycles. The van der Waals surface area contributed by atoms with Crippen LogP contribution in [0.3, 0.4) is 0 Å². The van der Waals surface area contributed by atoms with Gasteiger partial charge in [-0.15, -0.1) is 38.7 Å². The van der Waals surface area contributed by atoms with Gasteiger partial charge in [0.25, 0.3) is 0 Å². The quantitative estimate of drug-likeness (QED) is 0.212. The molecule has 0 unspecified atom stereocenters. The van der Waals surface area contributed by atoms with E-state index in [9.17, 15) is 10.3 Å². The first kappa shape index (κ1) is 67.3. The Labute approximate surface area is 416 Å². The molecule has 0 atom stereocenters. The maximum atomic E-state index is 12.1. The Balaban J connectivity index is -0.000000858. The fourth-order valence-electron chi connectivity index (χ4n) is 10.7. The monoisotopic (exact) mass is 1020 g/mol. The van der Waals surface area contributed by atoms with E-state index in [1.54, 1.807) is 0 Å². The summed E-state index contributed by atoms with van der Waals surface area (Å²) in [6.45, 7) is 75.4. The van der Waals surface area contributed by atoms with Gasteiger partial charge >= 0.3 is 26.2 Å². The van der Waals surface area contributed by atoms with E-state index >= 15 is 0 Å². The topological polar surface area (TPSA) is 69.3 Å². The molecule has 63 heavy (non-hydrogen) atoms. The Bertz CT molecular complexity index is 1630. The molecule has 0 aliphatic heterocycles. The van der Waals surface area contributed by atoms with Gasteiger partial charge in [0.15, 0.2) is 0 Å². The van der Waals surface area contributed by atoms with Crippen molar-refractivity contribution >= 4 is 28.5 Å². The van der Waals surface area contributed by atoms with Crippen LogP contribution in [-0.4, -0.2) is 51.6 Å². The summed E-state index contributed by atoms with van der Waals surface area (Å²) in [7, 11) is -9.02. The molecule has 0 N–H and O–H groups in total. The van der Waals surface area contributed by atoms with E-state index in [2.05, 4.69) is 222 Å². The van der Waals surface area contributed by atoms with E-state index in [4.69, 9.17) is 9.03 Å². The van der Waals surface area contributed by atoms with Gasteiger partial charge in [-0.25, -0.2) is 0 Å². The smallest absolute Gasteiger partial charge is 0.789 e. The van der Waals surface area contributed by atoms with Gasteiger partial charge in [0.05, 0.1) is 0 Å². The number of hydrogen-bond acceptors (Lipinski definition) is 0. The van der Waals surface area contributed by atoms with Crippen LogP contribution < -0.4 is 0 Å². The maximum Gasteiger partial charge on any atom is 4.00 e. The average Bonchev–Trinajstić information content (AvgIpc) is 2.98. The first-order valence-corrected chi connectivity index (χ1v) is 29.8. The summed E-state index contributed by atoms with van der Waals surface area (Å²) < 4.78 is 11.3. The summed E-state index contributed by atoms with van der Waals surface area (Å²) in [5.74, 6) is 0. The molecule has 0 saturated carbocycles. The van der Waals surface area contributed by atoms with Gasteiger partial charge in [-0.2, -0.15) is 49.2 Å². The van der Waals surface area contributed by atoms with E-state index in [1.165, 1.54) is 0 Å². The average molecular weight is 1020 g/mol. The van der Waals surface area contributed by atoms with Crippen molar-refractivity contribution in [3.8, 4) is 0 Å². The molecule has 2 rings (SSSR count). The zero-order valence-corrected chi connectivity index (χ0v) is 53.3. The molecular weight excluding hydrogens is 920 g/mol. The van der Waals surface area contributed by atoms with Crippen molar-refractivity contribution < 1.29 is 26.2 Å². The first-order valence-electron chi connectivity index (χ1n) is 23.0. The largest absolute Gasteiger partial charge is 4.00 e. The Morgan fingerprint density at radius 2 is 0.444 bits per heavy atom. The summed E-state index contributed by atoms with van der Waals surface area (Å²) in [5, 5.41) is 23.5. The molecular formula is C54H104N4P4Zr. The second-order valence-corrected chi connectivity index (χ2v) is 47.1. The molecule has 2 aromatic carbocycles. The molecule has 0 aromatic heterocycles. The molecule has 0 spiro atoms. The van der Waals surface area contributed by atoms with E-state index < -0.39 is 28.5 Å². The molecule has 364 valence electrons. The summed E-state index contributed by atoms with van der Waals surface area (Å²) in [4.78, 5) is 0. The fraction of sp³-hybridized carbons (Fsp3) is 0.741. The van der Waals surface area contributed by atoms with Gasteiger partial charge in [0.1, 0.15) is 0 Å².